The molecule has 0 aromatic rings. The molecule has 17 heavy (non-hydrogen) atoms. The average molecular weight is 257 g/mol. The van der Waals surface area contributed by atoms with Gasteiger partial charge in [0.1, 0.15) is 0 Å². The number of thioether (sulfide) groups is 1. The van der Waals surface area contributed by atoms with Crippen LogP contribution >= 0.6 is 11.8 Å². The highest BCUT2D eigenvalue weighted by Gasteiger charge is 2.33. The molecule has 3 atom stereocenters. The van der Waals surface area contributed by atoms with Gasteiger partial charge in [-0.15, -0.1) is 0 Å². The van der Waals surface area contributed by atoms with Crippen LogP contribution < -0.4 is 5.32 Å². The maximum Gasteiger partial charge on any atom is 0.0641 e. The predicted molar refractivity (Wildman–Crippen MR) is 75.7 cm³/mol. The van der Waals surface area contributed by atoms with E-state index in [9.17, 15) is 0 Å². The summed E-state index contributed by atoms with van der Waals surface area (Å²) in [4.78, 5) is 0. The molecular weight excluding hydrogens is 230 g/mol. The topological polar surface area (TPSA) is 21.3 Å². The van der Waals surface area contributed by atoms with Gasteiger partial charge >= 0.3 is 0 Å². The van der Waals surface area contributed by atoms with Gasteiger partial charge in [-0.25, -0.2) is 0 Å². The summed E-state index contributed by atoms with van der Waals surface area (Å²) in [6, 6.07) is 1.42. The molecule has 3 heteroatoms. The van der Waals surface area contributed by atoms with Crippen molar-refractivity contribution < 1.29 is 4.74 Å². The summed E-state index contributed by atoms with van der Waals surface area (Å²) < 4.78 is 5.79. The fraction of sp³-hybridized carbons (Fsp3) is 1.00. The van der Waals surface area contributed by atoms with Gasteiger partial charge in [0.25, 0.3) is 0 Å². The smallest absolute Gasteiger partial charge is 0.0641 e. The Balaban J connectivity index is 1.83. The van der Waals surface area contributed by atoms with E-state index in [0.717, 1.165) is 24.3 Å². The van der Waals surface area contributed by atoms with E-state index < -0.39 is 0 Å². The lowest BCUT2D eigenvalue weighted by molar-refractivity contribution is -0.0640. The van der Waals surface area contributed by atoms with Crippen molar-refractivity contribution >= 4 is 11.8 Å². The van der Waals surface area contributed by atoms with Crippen molar-refractivity contribution in [1.82, 2.24) is 5.32 Å². The first-order valence-corrected chi connectivity index (χ1v) is 8.17. The van der Waals surface area contributed by atoms with E-state index in [1.54, 1.807) is 0 Å². The Labute approximate surface area is 110 Å². The zero-order valence-corrected chi connectivity index (χ0v) is 12.3. The van der Waals surface area contributed by atoms with Gasteiger partial charge in [-0.05, 0) is 45.3 Å². The highest BCUT2D eigenvalue weighted by atomic mass is 32.2. The minimum Gasteiger partial charge on any atom is -0.375 e. The fourth-order valence-electron chi connectivity index (χ4n) is 3.21. The van der Waals surface area contributed by atoms with Gasteiger partial charge in [0.05, 0.1) is 5.60 Å². The normalized spacial score (nSPS) is 37.2. The van der Waals surface area contributed by atoms with Crippen molar-refractivity contribution in [2.45, 2.75) is 75.8 Å². The Morgan fingerprint density at radius 1 is 1.29 bits per heavy atom. The molecule has 100 valence electrons. The van der Waals surface area contributed by atoms with Gasteiger partial charge in [0.15, 0.2) is 0 Å². The van der Waals surface area contributed by atoms with E-state index in [4.69, 9.17) is 4.74 Å². The van der Waals surface area contributed by atoms with Crippen LogP contribution in [-0.2, 0) is 4.74 Å². The van der Waals surface area contributed by atoms with E-state index in [2.05, 4.69) is 37.8 Å². The minimum absolute atomic E-state index is 0.0713. The highest BCUT2D eigenvalue weighted by Crippen LogP contribution is 2.32. The van der Waals surface area contributed by atoms with Crippen molar-refractivity contribution in [3.8, 4) is 0 Å². The highest BCUT2D eigenvalue weighted by molar-refractivity contribution is 7.99. The van der Waals surface area contributed by atoms with Crippen molar-refractivity contribution in [1.29, 1.82) is 0 Å². The van der Waals surface area contributed by atoms with Gasteiger partial charge < -0.3 is 10.1 Å². The lowest BCUT2D eigenvalue weighted by atomic mass is 9.93. The molecule has 1 heterocycles. The third kappa shape index (κ3) is 3.87. The molecule has 2 rings (SSSR count). The zero-order valence-electron chi connectivity index (χ0n) is 11.5. The van der Waals surface area contributed by atoms with Crippen molar-refractivity contribution in [3.63, 3.8) is 0 Å². The van der Waals surface area contributed by atoms with E-state index in [1.165, 1.54) is 31.4 Å². The van der Waals surface area contributed by atoms with Crippen molar-refractivity contribution in [3.05, 3.63) is 0 Å². The molecule has 1 aliphatic carbocycles. The Morgan fingerprint density at radius 3 is 2.82 bits per heavy atom. The largest absolute Gasteiger partial charge is 0.375 e. The van der Waals surface area contributed by atoms with E-state index in [1.807, 2.05) is 0 Å². The first kappa shape index (κ1) is 13.7. The second-order valence-electron chi connectivity index (χ2n) is 6.00. The third-order valence-electron chi connectivity index (χ3n) is 3.98. The summed E-state index contributed by atoms with van der Waals surface area (Å²) in [6.07, 6.45) is 6.52. The molecule has 0 spiro atoms. The van der Waals surface area contributed by atoms with Gasteiger partial charge in [-0.3, -0.25) is 0 Å². The first-order chi connectivity index (χ1) is 8.11. The van der Waals surface area contributed by atoms with Crippen molar-refractivity contribution in [2.75, 3.05) is 12.4 Å². The molecule has 3 unspecified atom stereocenters. The molecule has 2 nitrogen and oxygen atoms in total. The standard InChI is InChI=1S/C14H27NOS/c1-4-17-13-7-5-6-12(13)15-11-8-9-16-14(2,3)10-11/h11-13,15H,4-10H2,1-3H3. The van der Waals surface area contributed by atoms with Gasteiger partial charge in [-0.1, -0.05) is 13.3 Å². The zero-order chi connectivity index (χ0) is 12.3. The molecule has 2 fully saturated rings. The van der Waals surface area contributed by atoms with Crippen LogP contribution in [0.25, 0.3) is 0 Å². The van der Waals surface area contributed by atoms with Gasteiger partial charge in [0.2, 0.25) is 0 Å². The van der Waals surface area contributed by atoms with Crippen LogP contribution in [0.3, 0.4) is 0 Å². The summed E-state index contributed by atoms with van der Waals surface area (Å²) in [5.41, 5.74) is 0.0713. The maximum atomic E-state index is 5.79. The molecule has 1 aliphatic heterocycles. The molecule has 0 aromatic carbocycles. The van der Waals surface area contributed by atoms with Crippen LogP contribution in [0.1, 0.15) is 52.9 Å². The summed E-state index contributed by atoms with van der Waals surface area (Å²) in [7, 11) is 0. The molecular formula is C14H27NOS. The van der Waals surface area contributed by atoms with E-state index >= 15 is 0 Å². The second kappa shape index (κ2) is 5.94. The number of nitrogens with one attached hydrogen (secondary N) is 1. The summed E-state index contributed by atoms with van der Waals surface area (Å²) in [5.74, 6) is 1.25. The quantitative estimate of drug-likeness (QED) is 0.835. The lowest BCUT2D eigenvalue weighted by Gasteiger charge is -2.38. The minimum atomic E-state index is 0.0713. The summed E-state index contributed by atoms with van der Waals surface area (Å²) in [5, 5.41) is 4.76. The van der Waals surface area contributed by atoms with Crippen molar-refractivity contribution in [2.24, 2.45) is 0 Å². The number of ether oxygens (including phenoxy) is 1. The molecule has 0 aromatic heterocycles. The molecule has 1 N–H and O–H groups in total. The molecule has 0 radical (unpaired) electrons. The summed E-state index contributed by atoms with van der Waals surface area (Å²) in [6.45, 7) is 7.63. The van der Waals surface area contributed by atoms with Crippen LogP contribution in [0.15, 0.2) is 0 Å². The van der Waals surface area contributed by atoms with Crippen LogP contribution in [0, 0.1) is 0 Å². The number of hydrogen-bond acceptors (Lipinski definition) is 3. The Hall–Kier alpha value is 0.270. The fourth-order valence-corrected chi connectivity index (χ4v) is 4.42. The number of rotatable bonds is 4. The Kier molecular flexibility index (Phi) is 4.79. The van der Waals surface area contributed by atoms with Crippen LogP contribution in [0.5, 0.6) is 0 Å². The lowest BCUT2D eigenvalue weighted by Crippen LogP contribution is -2.48. The van der Waals surface area contributed by atoms with Crippen LogP contribution in [-0.4, -0.2) is 35.3 Å². The predicted octanol–water partition coefficient (Wildman–Crippen LogP) is 3.21. The number of hydrogen-bond donors (Lipinski definition) is 1. The monoisotopic (exact) mass is 257 g/mol. The molecule has 1 saturated heterocycles. The second-order valence-corrected chi connectivity index (χ2v) is 7.51. The molecule has 2 aliphatic rings. The third-order valence-corrected chi connectivity index (χ3v) is 5.31. The van der Waals surface area contributed by atoms with Crippen LogP contribution in [0.2, 0.25) is 0 Å². The van der Waals surface area contributed by atoms with Crippen LogP contribution in [0.4, 0.5) is 0 Å². The Morgan fingerprint density at radius 2 is 2.12 bits per heavy atom. The summed E-state index contributed by atoms with van der Waals surface area (Å²) >= 11 is 2.14. The van der Waals surface area contributed by atoms with E-state index in [-0.39, 0.29) is 5.60 Å². The average Bonchev–Trinajstić information content (AvgIpc) is 2.65. The first-order valence-electron chi connectivity index (χ1n) is 7.12. The SMILES string of the molecule is CCSC1CCCC1NC1CCOC(C)(C)C1. The Bertz CT molecular complexity index is 244. The van der Waals surface area contributed by atoms with Gasteiger partial charge in [-0.2, -0.15) is 11.8 Å². The molecule has 0 bridgehead atoms. The molecule has 0 amide bonds. The van der Waals surface area contributed by atoms with E-state index in [0.29, 0.717) is 6.04 Å². The maximum absolute atomic E-state index is 5.79. The molecule has 1 saturated carbocycles. The van der Waals surface area contributed by atoms with Gasteiger partial charge in [0, 0.05) is 23.9 Å².